The van der Waals surface area contributed by atoms with Crippen LogP contribution in [0.15, 0.2) is 0 Å². The number of fused-ring (bicyclic) bond motifs is 2. The molecule has 0 aliphatic carbocycles. The quantitative estimate of drug-likeness (QED) is 0.0144. The molecule has 392 valence electrons. The summed E-state index contributed by atoms with van der Waals surface area (Å²) in [5.74, 6) is -0.446. The Morgan fingerprint density at radius 1 is 0.653 bits per heavy atom. The number of carbonyl (C=O) groups excluding carboxylic acids is 8. The number of nitrogens with one attached hydrogen (secondary N) is 5. The Bertz CT molecular complexity index is 1860. The van der Waals surface area contributed by atoms with Gasteiger partial charge in [-0.15, -0.1) is 5.06 Å². The number of hydrogen-bond acceptors (Lipinski definition) is 19. The van der Waals surface area contributed by atoms with Crippen molar-refractivity contribution in [3.8, 4) is 0 Å². The molecule has 6 unspecified atom stereocenters. The molecule has 0 bridgehead atoms. The largest absolute Gasteiger partial charge is 1.00 e. The third-order valence-corrected chi connectivity index (χ3v) is 16.9. The van der Waals surface area contributed by atoms with Crippen LogP contribution in [0.4, 0.5) is 9.59 Å². The number of urea groups is 2. The first-order valence-electron chi connectivity index (χ1n) is 23.8. The average molecular weight is 1140 g/mol. The number of unbranched alkanes of at least 4 members (excludes halogenated alkanes) is 2. The Kier molecular flexibility index (Phi) is 30.3. The van der Waals surface area contributed by atoms with E-state index in [-0.39, 0.29) is 138 Å². The zero-order chi connectivity index (χ0) is 50.7. The number of hydrogen-bond donors (Lipinski definition) is 7. The van der Waals surface area contributed by atoms with Crippen molar-refractivity contribution in [2.24, 2.45) is 5.73 Å². The van der Waals surface area contributed by atoms with Crippen molar-refractivity contribution in [3.05, 3.63) is 0 Å². The Balaban J connectivity index is 0.000000274. The molecule has 0 saturated carbocycles. The minimum absolute atomic E-state index is 0. The molecule has 8 saturated heterocycles. The summed E-state index contributed by atoms with van der Waals surface area (Å²) in [6, 6.07) is 0.761. The maximum atomic E-state index is 12.0. The van der Waals surface area contributed by atoms with E-state index in [4.69, 9.17) is 65.5 Å². The smallest absolute Gasteiger partial charge is 0.411 e. The normalized spacial score (nSPS) is 25.4. The number of thioether (sulfide) groups is 2. The number of nitrogens with two attached hydrogens (primary N) is 1. The Hall–Kier alpha value is -1.48. The summed E-state index contributed by atoms with van der Waals surface area (Å²) in [5, 5.41) is 24.8. The van der Waals surface area contributed by atoms with Gasteiger partial charge in [-0.1, -0.05) is 21.5 Å². The fraction of sp³-hybridized carbons (Fsp3) is 0.762. The van der Waals surface area contributed by atoms with Crippen molar-refractivity contribution in [3.63, 3.8) is 0 Å². The minimum Gasteiger partial charge on any atom is -0.411 e. The molecule has 0 radical (unpaired) electrons. The van der Waals surface area contributed by atoms with E-state index >= 15 is 0 Å². The van der Waals surface area contributed by atoms with Gasteiger partial charge in [0.05, 0.1) is 24.2 Å². The Morgan fingerprint density at radius 3 is 1.50 bits per heavy atom. The second-order valence-electron chi connectivity index (χ2n) is 17.7. The van der Waals surface area contributed by atoms with Crippen LogP contribution in [0.3, 0.4) is 0 Å². The monoisotopic (exact) mass is 1140 g/mol. The standard InChI is InChI=1S/C17H29N5O2S3.C14H19N3O5S.C7H15N3S2.C4H5NO3.2Na/c23-14(18-5-6-21-7-9-22(10-8-21)17(25)26)4-2-1-3-13-15-12(11-27-13)19-16(24)20-15;18-10-5-6-11(19)17(10)22-12(20)4-2-1-3-9-13-8(7-23-9)15-14(21)16-13;8-1-2-9-3-5-10(6-4-9)7(11)12;6-3-1-2-4(7)5(3)8;;/h12-13,15H,1-11H2,(H,18,23)(H,25,26)(H2,19,20,24);8-9,13H,1-7H2,(H2,15,16,21);1-6,8H2,(H,11,12);8H,1-2H2;;/q;;;;2*+1/p-2. The molecular formula is C42H66N12Na2O10S6. The molecule has 8 heterocycles. The first kappa shape index (κ1) is 64.8. The van der Waals surface area contributed by atoms with E-state index in [1.807, 2.05) is 23.5 Å². The van der Waals surface area contributed by atoms with Gasteiger partial charge in [0.15, 0.2) is 0 Å². The van der Waals surface area contributed by atoms with E-state index in [1.54, 1.807) is 0 Å². The fourth-order valence-electron chi connectivity index (χ4n) is 8.83. The molecule has 8 fully saturated rings. The summed E-state index contributed by atoms with van der Waals surface area (Å²) >= 11 is 23.7. The van der Waals surface area contributed by atoms with Crippen LogP contribution in [0, 0.1) is 0 Å². The Labute approximate surface area is 496 Å². The SMILES string of the molecule is NCCN1CCN(C(=S)[S-])CC1.O=C(CCCCC1SCC2NC(=O)NC21)NCCN1CCN(C(=S)[S-])CC1.O=C1CCC(=O)N1O.O=C1NC2CSC(CCCCC(=O)ON3C(=O)CCC3=O)C2N1.[Na+].[Na+]. The van der Waals surface area contributed by atoms with Gasteiger partial charge in [-0.2, -0.15) is 28.6 Å². The summed E-state index contributed by atoms with van der Waals surface area (Å²) in [5.41, 5.74) is 5.45. The van der Waals surface area contributed by atoms with Gasteiger partial charge in [-0.25, -0.2) is 14.4 Å². The van der Waals surface area contributed by atoms with Crippen molar-refractivity contribution in [1.82, 2.24) is 56.3 Å². The first-order chi connectivity index (χ1) is 33.5. The molecular weight excluding hydrogens is 1070 g/mol. The van der Waals surface area contributed by atoms with Crippen LogP contribution in [0.2, 0.25) is 0 Å². The van der Waals surface area contributed by atoms with E-state index < -0.39 is 29.6 Å². The van der Waals surface area contributed by atoms with Crippen LogP contribution < -0.4 is 91.4 Å². The second kappa shape index (κ2) is 33.6. The van der Waals surface area contributed by atoms with Crippen LogP contribution in [0.5, 0.6) is 0 Å². The van der Waals surface area contributed by atoms with Crippen molar-refractivity contribution >= 4 is 129 Å². The van der Waals surface area contributed by atoms with Crippen LogP contribution in [0.25, 0.3) is 0 Å². The number of carbonyl (C=O) groups is 8. The molecule has 8 aliphatic heterocycles. The van der Waals surface area contributed by atoms with Crippen molar-refractivity contribution in [1.29, 1.82) is 0 Å². The minimum atomic E-state index is -0.554. The molecule has 8 N–H and O–H groups in total. The number of nitrogens with zero attached hydrogens (tertiary/aromatic N) is 6. The van der Waals surface area contributed by atoms with Crippen LogP contribution >= 0.6 is 48.0 Å². The van der Waals surface area contributed by atoms with Gasteiger partial charge in [-0.05, 0) is 25.7 Å². The maximum absolute atomic E-state index is 12.0. The molecule has 9 amide bonds. The first-order valence-corrected chi connectivity index (χ1v) is 27.6. The van der Waals surface area contributed by atoms with E-state index in [0.717, 1.165) is 116 Å². The molecule has 8 rings (SSSR count). The van der Waals surface area contributed by atoms with Crippen molar-refractivity contribution in [2.45, 2.75) is 112 Å². The van der Waals surface area contributed by atoms with E-state index in [1.165, 1.54) is 0 Å². The number of piperazine rings is 2. The fourth-order valence-corrected chi connectivity index (χ4v) is 12.7. The number of thiocarbonyl (C=S) groups is 2. The molecule has 0 aromatic carbocycles. The van der Waals surface area contributed by atoms with E-state index in [0.29, 0.717) is 43.6 Å². The number of imide groups is 2. The zero-order valence-electron chi connectivity index (χ0n) is 41.2. The van der Waals surface area contributed by atoms with Gasteiger partial charge >= 0.3 is 77.1 Å². The van der Waals surface area contributed by atoms with Crippen molar-refractivity contribution < 1.29 is 108 Å². The topological polar surface area (TPSA) is 272 Å². The third kappa shape index (κ3) is 21.2. The summed E-state index contributed by atoms with van der Waals surface area (Å²) in [6.07, 6.45) is 6.59. The molecule has 6 atom stereocenters. The van der Waals surface area contributed by atoms with Crippen LogP contribution in [-0.4, -0.2) is 216 Å². The van der Waals surface area contributed by atoms with E-state index in [2.05, 4.69) is 46.2 Å². The predicted octanol–water partition coefficient (Wildman–Crippen LogP) is -6.48. The zero-order valence-corrected chi connectivity index (χ0v) is 50.1. The van der Waals surface area contributed by atoms with Gasteiger partial charge in [0, 0.05) is 139 Å². The van der Waals surface area contributed by atoms with Crippen molar-refractivity contribution in [2.75, 3.05) is 90.0 Å². The number of hydroxylamine groups is 4. The molecule has 0 aromatic heterocycles. The predicted molar refractivity (Wildman–Crippen MR) is 276 cm³/mol. The van der Waals surface area contributed by atoms with Gasteiger partial charge in [0.1, 0.15) is 0 Å². The van der Waals surface area contributed by atoms with Gasteiger partial charge in [-0.3, -0.25) is 39.0 Å². The molecule has 30 heteroatoms. The van der Waals surface area contributed by atoms with E-state index in [9.17, 15) is 38.4 Å². The summed E-state index contributed by atoms with van der Waals surface area (Å²) in [7, 11) is 0. The van der Waals surface area contributed by atoms with Gasteiger partial charge < -0.3 is 96.6 Å². The molecule has 22 nitrogen and oxygen atoms in total. The average Bonchev–Trinajstić information content (AvgIpc) is 4.19. The summed E-state index contributed by atoms with van der Waals surface area (Å²) in [6.45, 7) is 10.9. The maximum Gasteiger partial charge on any atom is 1.00 e. The van der Waals surface area contributed by atoms with Gasteiger partial charge in [0.25, 0.3) is 23.6 Å². The number of rotatable bonds is 16. The molecule has 72 heavy (non-hydrogen) atoms. The van der Waals surface area contributed by atoms with Crippen LogP contribution in [0.1, 0.15) is 77.0 Å². The van der Waals surface area contributed by atoms with Gasteiger partial charge in [0.2, 0.25) is 5.91 Å². The summed E-state index contributed by atoms with van der Waals surface area (Å²) < 4.78 is 1.16. The third-order valence-electron chi connectivity index (χ3n) is 12.8. The summed E-state index contributed by atoms with van der Waals surface area (Å²) in [4.78, 5) is 103. The second-order valence-corrected chi connectivity index (χ2v) is 22.3. The Morgan fingerprint density at radius 2 is 1.08 bits per heavy atom. The molecule has 8 aliphatic rings. The number of amides is 9. The molecule has 0 aromatic rings. The van der Waals surface area contributed by atoms with Crippen LogP contribution in [-0.2, 0) is 58.9 Å². The molecule has 0 spiro atoms.